The van der Waals surface area contributed by atoms with Gasteiger partial charge in [0.05, 0.1) is 6.04 Å². The van der Waals surface area contributed by atoms with E-state index in [1.165, 1.54) is 16.7 Å². The van der Waals surface area contributed by atoms with Crippen molar-refractivity contribution in [3.05, 3.63) is 69.7 Å². The maximum absolute atomic E-state index is 6.41. The van der Waals surface area contributed by atoms with Gasteiger partial charge in [-0.05, 0) is 55.1 Å². The van der Waals surface area contributed by atoms with Crippen molar-refractivity contribution in [1.82, 2.24) is 5.32 Å². The fourth-order valence-corrected chi connectivity index (χ4v) is 2.89. The van der Waals surface area contributed by atoms with Crippen molar-refractivity contribution in [3.63, 3.8) is 0 Å². The molecule has 1 N–H and O–H groups in total. The van der Waals surface area contributed by atoms with Crippen LogP contribution >= 0.6 is 11.6 Å². The van der Waals surface area contributed by atoms with Gasteiger partial charge in [-0.1, -0.05) is 54.9 Å². The lowest BCUT2D eigenvalue weighted by atomic mass is 9.91. The standard InChI is InChI=1S/C18H22ClN/c1-4-12-20-18(15-10-5-6-11-16(15)19)17-13(2)8-7-9-14(17)3/h5-11,18,20H,4,12H2,1-3H3. The van der Waals surface area contributed by atoms with E-state index in [2.05, 4.69) is 56.4 Å². The first kappa shape index (κ1) is 15.1. The molecular formula is C18H22ClN. The maximum atomic E-state index is 6.41. The topological polar surface area (TPSA) is 12.0 Å². The molecule has 0 fully saturated rings. The SMILES string of the molecule is CCCNC(c1ccccc1Cl)c1c(C)cccc1C. The Kier molecular flexibility index (Phi) is 5.22. The molecule has 0 bridgehead atoms. The second-order valence-electron chi connectivity index (χ2n) is 5.21. The molecule has 1 atom stereocenters. The lowest BCUT2D eigenvalue weighted by molar-refractivity contribution is 0.594. The Morgan fingerprint density at radius 2 is 1.65 bits per heavy atom. The third-order valence-electron chi connectivity index (χ3n) is 3.65. The highest BCUT2D eigenvalue weighted by Gasteiger charge is 2.19. The summed E-state index contributed by atoms with van der Waals surface area (Å²) in [6, 6.07) is 14.7. The fraction of sp³-hybridized carbons (Fsp3) is 0.333. The highest BCUT2D eigenvalue weighted by molar-refractivity contribution is 6.31. The monoisotopic (exact) mass is 287 g/mol. The molecule has 0 amide bonds. The van der Waals surface area contributed by atoms with Crippen molar-refractivity contribution >= 4 is 11.6 Å². The van der Waals surface area contributed by atoms with Crippen LogP contribution in [0.5, 0.6) is 0 Å². The van der Waals surface area contributed by atoms with Gasteiger partial charge in [-0.2, -0.15) is 0 Å². The van der Waals surface area contributed by atoms with E-state index in [0.29, 0.717) is 0 Å². The van der Waals surface area contributed by atoms with Gasteiger partial charge in [0, 0.05) is 5.02 Å². The molecule has 1 unspecified atom stereocenters. The van der Waals surface area contributed by atoms with Gasteiger partial charge >= 0.3 is 0 Å². The minimum Gasteiger partial charge on any atom is -0.306 e. The first-order valence-corrected chi connectivity index (χ1v) is 7.56. The van der Waals surface area contributed by atoms with Gasteiger partial charge in [0.2, 0.25) is 0 Å². The Labute approximate surface area is 127 Å². The number of hydrogen-bond donors (Lipinski definition) is 1. The fourth-order valence-electron chi connectivity index (χ4n) is 2.65. The molecule has 0 radical (unpaired) electrons. The Bertz CT molecular complexity index is 557. The Balaban J connectivity index is 2.50. The zero-order valence-electron chi connectivity index (χ0n) is 12.4. The normalized spacial score (nSPS) is 12.4. The number of nitrogens with one attached hydrogen (secondary N) is 1. The molecule has 1 nitrogen and oxygen atoms in total. The summed E-state index contributed by atoms with van der Waals surface area (Å²) in [5.41, 5.74) is 5.10. The van der Waals surface area contributed by atoms with E-state index in [1.807, 2.05) is 12.1 Å². The van der Waals surface area contributed by atoms with E-state index in [0.717, 1.165) is 23.6 Å². The van der Waals surface area contributed by atoms with Crippen LogP contribution < -0.4 is 5.32 Å². The number of hydrogen-bond acceptors (Lipinski definition) is 1. The number of benzene rings is 2. The second kappa shape index (κ2) is 6.92. The van der Waals surface area contributed by atoms with Crippen LogP contribution in [0.4, 0.5) is 0 Å². The predicted molar refractivity (Wildman–Crippen MR) is 87.5 cm³/mol. The highest BCUT2D eigenvalue weighted by Crippen LogP contribution is 2.31. The van der Waals surface area contributed by atoms with Crippen molar-refractivity contribution < 1.29 is 0 Å². The van der Waals surface area contributed by atoms with E-state index in [4.69, 9.17) is 11.6 Å². The first-order valence-electron chi connectivity index (χ1n) is 7.19. The van der Waals surface area contributed by atoms with Crippen LogP contribution in [-0.2, 0) is 0 Å². The summed E-state index contributed by atoms with van der Waals surface area (Å²) < 4.78 is 0. The Morgan fingerprint density at radius 1 is 1.00 bits per heavy atom. The third-order valence-corrected chi connectivity index (χ3v) is 3.99. The molecule has 2 rings (SSSR count). The lowest BCUT2D eigenvalue weighted by Crippen LogP contribution is -2.25. The number of halogens is 1. The molecule has 2 aromatic carbocycles. The molecule has 0 aromatic heterocycles. The molecule has 20 heavy (non-hydrogen) atoms. The zero-order valence-corrected chi connectivity index (χ0v) is 13.2. The van der Waals surface area contributed by atoms with E-state index >= 15 is 0 Å². The number of aryl methyl sites for hydroxylation is 2. The largest absolute Gasteiger partial charge is 0.306 e. The minimum atomic E-state index is 0.157. The summed E-state index contributed by atoms with van der Waals surface area (Å²) in [6.07, 6.45) is 1.10. The molecule has 106 valence electrons. The summed E-state index contributed by atoms with van der Waals surface area (Å²) >= 11 is 6.41. The molecule has 0 aliphatic heterocycles. The van der Waals surface area contributed by atoms with Crippen LogP contribution in [0.25, 0.3) is 0 Å². The quantitative estimate of drug-likeness (QED) is 0.812. The average Bonchev–Trinajstić information content (AvgIpc) is 2.43. The van der Waals surface area contributed by atoms with Gasteiger partial charge in [0.1, 0.15) is 0 Å². The van der Waals surface area contributed by atoms with E-state index < -0.39 is 0 Å². The zero-order chi connectivity index (χ0) is 14.5. The van der Waals surface area contributed by atoms with Crippen molar-refractivity contribution in [2.24, 2.45) is 0 Å². The summed E-state index contributed by atoms with van der Waals surface area (Å²) in [5.74, 6) is 0. The van der Waals surface area contributed by atoms with Crippen LogP contribution in [0, 0.1) is 13.8 Å². The lowest BCUT2D eigenvalue weighted by Gasteiger charge is -2.24. The van der Waals surface area contributed by atoms with E-state index in [9.17, 15) is 0 Å². The summed E-state index contributed by atoms with van der Waals surface area (Å²) in [6.45, 7) is 7.49. The van der Waals surface area contributed by atoms with Crippen LogP contribution in [0.3, 0.4) is 0 Å². The molecule has 0 aliphatic carbocycles. The molecule has 0 saturated heterocycles. The maximum Gasteiger partial charge on any atom is 0.0596 e. The van der Waals surface area contributed by atoms with E-state index in [-0.39, 0.29) is 6.04 Å². The minimum absolute atomic E-state index is 0.157. The molecule has 2 aromatic rings. The van der Waals surface area contributed by atoms with Crippen molar-refractivity contribution in [2.45, 2.75) is 33.2 Å². The molecule has 0 spiro atoms. The van der Waals surface area contributed by atoms with Crippen LogP contribution in [0.15, 0.2) is 42.5 Å². The molecule has 2 heteroatoms. The van der Waals surface area contributed by atoms with Gasteiger partial charge in [-0.3, -0.25) is 0 Å². The average molecular weight is 288 g/mol. The van der Waals surface area contributed by atoms with Crippen molar-refractivity contribution in [1.29, 1.82) is 0 Å². The first-order chi connectivity index (χ1) is 9.65. The number of rotatable bonds is 5. The summed E-state index contributed by atoms with van der Waals surface area (Å²) in [5, 5.41) is 4.46. The summed E-state index contributed by atoms with van der Waals surface area (Å²) in [7, 11) is 0. The third kappa shape index (κ3) is 3.23. The van der Waals surface area contributed by atoms with Crippen molar-refractivity contribution in [2.75, 3.05) is 6.54 Å². The van der Waals surface area contributed by atoms with Gasteiger partial charge in [-0.15, -0.1) is 0 Å². The summed E-state index contributed by atoms with van der Waals surface area (Å²) in [4.78, 5) is 0. The van der Waals surface area contributed by atoms with Crippen molar-refractivity contribution in [3.8, 4) is 0 Å². The Morgan fingerprint density at radius 3 is 2.25 bits per heavy atom. The molecule has 0 heterocycles. The van der Waals surface area contributed by atoms with Crippen LogP contribution in [0.2, 0.25) is 5.02 Å². The smallest absolute Gasteiger partial charge is 0.0596 e. The predicted octanol–water partition coefficient (Wildman–Crippen LogP) is 5.05. The van der Waals surface area contributed by atoms with Gasteiger partial charge < -0.3 is 5.32 Å². The van der Waals surface area contributed by atoms with Crippen LogP contribution in [-0.4, -0.2) is 6.54 Å². The van der Waals surface area contributed by atoms with Gasteiger partial charge in [-0.25, -0.2) is 0 Å². The highest BCUT2D eigenvalue weighted by atomic mass is 35.5. The Hall–Kier alpha value is -1.31. The van der Waals surface area contributed by atoms with E-state index in [1.54, 1.807) is 0 Å². The van der Waals surface area contributed by atoms with Gasteiger partial charge in [0.25, 0.3) is 0 Å². The van der Waals surface area contributed by atoms with Crippen LogP contribution in [0.1, 0.15) is 41.6 Å². The molecule has 0 saturated carbocycles. The molecular weight excluding hydrogens is 266 g/mol. The van der Waals surface area contributed by atoms with Gasteiger partial charge in [0.15, 0.2) is 0 Å². The molecule has 0 aliphatic rings. The second-order valence-corrected chi connectivity index (χ2v) is 5.62.